The zero-order valence-electron chi connectivity index (χ0n) is 35.8. The van der Waals surface area contributed by atoms with E-state index < -0.39 is 0 Å². The van der Waals surface area contributed by atoms with Gasteiger partial charge in [-0.05, 0) is 157 Å². The largest absolute Gasteiger partial charge is 0.310 e. The Morgan fingerprint density at radius 3 is 1.52 bits per heavy atom. The van der Waals surface area contributed by atoms with Crippen molar-refractivity contribution in [1.82, 2.24) is 4.57 Å². The Morgan fingerprint density at radius 1 is 0.328 bits per heavy atom. The second-order valence-electron chi connectivity index (χ2n) is 17.0. The van der Waals surface area contributed by atoms with Gasteiger partial charge >= 0.3 is 0 Å². The molecular weight excluding hydrogens is 773 g/mol. The predicted octanol–water partition coefficient (Wildman–Crippen LogP) is 17.3. The molecule has 0 atom stereocenters. The number of aryl methyl sites for hydroxylation is 2. The summed E-state index contributed by atoms with van der Waals surface area (Å²) in [5.41, 5.74) is 16.8. The van der Waals surface area contributed by atoms with Gasteiger partial charge in [0, 0.05) is 33.5 Å². The van der Waals surface area contributed by atoms with Gasteiger partial charge in [-0.25, -0.2) is 0 Å². The van der Waals surface area contributed by atoms with Crippen molar-refractivity contribution in [3.8, 4) is 39.1 Å². The molecule has 2 nitrogen and oxygen atoms in total. The summed E-state index contributed by atoms with van der Waals surface area (Å²) in [6, 6.07) is 84.6. The second-order valence-corrected chi connectivity index (χ2v) is 17.0. The highest BCUT2D eigenvalue weighted by molar-refractivity contribution is 6.21. The van der Waals surface area contributed by atoms with Crippen molar-refractivity contribution in [2.45, 2.75) is 13.8 Å². The van der Waals surface area contributed by atoms with Crippen LogP contribution in [0.5, 0.6) is 0 Å². The van der Waals surface area contributed by atoms with E-state index in [0.717, 1.165) is 22.7 Å². The van der Waals surface area contributed by atoms with Gasteiger partial charge in [0.2, 0.25) is 0 Å². The maximum absolute atomic E-state index is 2.46. The molecule has 2 heteroatoms. The fourth-order valence-corrected chi connectivity index (χ4v) is 10.2. The van der Waals surface area contributed by atoms with Crippen molar-refractivity contribution in [2.75, 3.05) is 4.90 Å². The van der Waals surface area contributed by atoms with Crippen LogP contribution in [0, 0.1) is 13.8 Å². The van der Waals surface area contributed by atoms with Crippen LogP contribution in [0.4, 0.5) is 17.1 Å². The Balaban J connectivity index is 1.05. The number of nitrogens with zero attached hydrogens (tertiary/aromatic N) is 2. The molecule has 302 valence electrons. The Morgan fingerprint density at radius 2 is 0.844 bits per heavy atom. The highest BCUT2D eigenvalue weighted by atomic mass is 15.1. The molecule has 0 saturated carbocycles. The molecule has 0 aliphatic rings. The van der Waals surface area contributed by atoms with Gasteiger partial charge < -0.3 is 9.47 Å². The van der Waals surface area contributed by atoms with Crippen LogP contribution >= 0.6 is 0 Å². The van der Waals surface area contributed by atoms with Crippen molar-refractivity contribution in [3.63, 3.8) is 0 Å². The third-order valence-electron chi connectivity index (χ3n) is 13.2. The van der Waals surface area contributed by atoms with Crippen LogP contribution in [-0.4, -0.2) is 4.57 Å². The Bertz CT molecular complexity index is 3670. The van der Waals surface area contributed by atoms with Gasteiger partial charge in [-0.2, -0.15) is 0 Å². The van der Waals surface area contributed by atoms with Crippen LogP contribution in [0.3, 0.4) is 0 Å². The number of hydrogen-bond donors (Lipinski definition) is 0. The van der Waals surface area contributed by atoms with Gasteiger partial charge in [0.15, 0.2) is 0 Å². The average Bonchev–Trinajstić information content (AvgIpc) is 3.68. The standard InChI is InChI=1S/C62H44N2/c1-41-38-60(42(2)37-56(41)47-30-29-43-17-9-10-20-46(43)39-47)63(50-35-36-59-57(40-50)51-23-15-16-28-58(51)64(59)48-21-7-4-8-22-48)49-33-31-45(32-34-49)62-54-26-13-11-24-52(54)61(44-18-5-3-6-19-44)53-25-12-14-27-55(53)62/h3-40H,1-2H3. The summed E-state index contributed by atoms with van der Waals surface area (Å²) < 4.78 is 2.39. The third-order valence-corrected chi connectivity index (χ3v) is 13.2. The summed E-state index contributed by atoms with van der Waals surface area (Å²) in [6.07, 6.45) is 0. The lowest BCUT2D eigenvalue weighted by Crippen LogP contribution is -2.12. The van der Waals surface area contributed by atoms with E-state index in [1.54, 1.807) is 0 Å². The maximum atomic E-state index is 2.46. The van der Waals surface area contributed by atoms with Gasteiger partial charge in [0.1, 0.15) is 0 Å². The Kier molecular flexibility index (Phi) is 8.98. The van der Waals surface area contributed by atoms with E-state index in [9.17, 15) is 0 Å². The molecule has 1 aromatic heterocycles. The van der Waals surface area contributed by atoms with E-state index in [2.05, 4.69) is 254 Å². The fraction of sp³-hybridized carbons (Fsp3) is 0.0323. The van der Waals surface area contributed by atoms with Crippen molar-refractivity contribution < 1.29 is 0 Å². The molecule has 0 saturated heterocycles. The molecule has 11 aromatic carbocycles. The van der Waals surface area contributed by atoms with Crippen LogP contribution < -0.4 is 4.90 Å². The quantitative estimate of drug-likeness (QED) is 0.146. The van der Waals surface area contributed by atoms with Gasteiger partial charge in [-0.15, -0.1) is 0 Å². The lowest BCUT2D eigenvalue weighted by molar-refractivity contribution is 1.18. The smallest absolute Gasteiger partial charge is 0.0542 e. The predicted molar refractivity (Wildman–Crippen MR) is 274 cm³/mol. The molecule has 1 heterocycles. The minimum absolute atomic E-state index is 1.10. The molecule has 0 aliphatic carbocycles. The van der Waals surface area contributed by atoms with Crippen molar-refractivity contribution in [3.05, 3.63) is 242 Å². The average molecular weight is 817 g/mol. The first-order valence-corrected chi connectivity index (χ1v) is 22.2. The van der Waals surface area contributed by atoms with E-state index in [-0.39, 0.29) is 0 Å². The molecule has 0 radical (unpaired) electrons. The molecule has 0 aliphatic heterocycles. The van der Waals surface area contributed by atoms with Crippen LogP contribution in [0.15, 0.2) is 231 Å². The van der Waals surface area contributed by atoms with E-state index in [1.807, 2.05) is 0 Å². The first-order valence-electron chi connectivity index (χ1n) is 22.2. The molecule has 0 fully saturated rings. The van der Waals surface area contributed by atoms with E-state index in [1.165, 1.54) is 98.6 Å². The van der Waals surface area contributed by atoms with Gasteiger partial charge in [0.05, 0.1) is 11.0 Å². The zero-order valence-corrected chi connectivity index (χ0v) is 35.8. The molecular formula is C62H44N2. The van der Waals surface area contributed by atoms with Gasteiger partial charge in [0.25, 0.3) is 0 Å². The summed E-state index contributed by atoms with van der Waals surface area (Å²) in [5, 5.41) is 9.97. The Labute approximate surface area is 373 Å². The third kappa shape index (κ3) is 6.18. The second kappa shape index (κ2) is 15.3. The summed E-state index contributed by atoms with van der Waals surface area (Å²) in [4.78, 5) is 2.46. The van der Waals surface area contributed by atoms with E-state index in [4.69, 9.17) is 0 Å². The minimum atomic E-state index is 1.10. The molecule has 0 unspecified atom stereocenters. The molecule has 0 N–H and O–H groups in total. The van der Waals surface area contributed by atoms with Crippen molar-refractivity contribution >= 4 is 71.2 Å². The first-order chi connectivity index (χ1) is 31.6. The fourth-order valence-electron chi connectivity index (χ4n) is 10.2. The Hall–Kier alpha value is -8.20. The lowest BCUT2D eigenvalue weighted by Gasteiger charge is -2.29. The molecule has 12 rings (SSSR count). The van der Waals surface area contributed by atoms with Crippen molar-refractivity contribution in [1.29, 1.82) is 0 Å². The van der Waals surface area contributed by atoms with E-state index >= 15 is 0 Å². The number of fused-ring (bicyclic) bond motifs is 6. The molecule has 64 heavy (non-hydrogen) atoms. The van der Waals surface area contributed by atoms with Crippen molar-refractivity contribution in [2.24, 2.45) is 0 Å². The molecule has 0 bridgehead atoms. The number of rotatable bonds is 7. The SMILES string of the molecule is Cc1cc(N(c2ccc(-c3c4ccccc4c(-c4ccccc4)c4ccccc34)cc2)c2ccc3c(c2)c2ccccc2n3-c2ccccc2)c(C)cc1-c1ccc2ccccc2c1. The lowest BCUT2D eigenvalue weighted by atomic mass is 9.86. The maximum Gasteiger partial charge on any atom is 0.0542 e. The van der Waals surface area contributed by atoms with Crippen LogP contribution in [-0.2, 0) is 0 Å². The summed E-state index contributed by atoms with van der Waals surface area (Å²) in [5.74, 6) is 0. The minimum Gasteiger partial charge on any atom is -0.310 e. The molecule has 0 spiro atoms. The zero-order chi connectivity index (χ0) is 42.7. The number of benzene rings is 11. The normalized spacial score (nSPS) is 11.6. The van der Waals surface area contributed by atoms with Gasteiger partial charge in [-0.3, -0.25) is 0 Å². The highest BCUT2D eigenvalue weighted by Gasteiger charge is 2.22. The summed E-state index contributed by atoms with van der Waals surface area (Å²) in [6.45, 7) is 4.51. The summed E-state index contributed by atoms with van der Waals surface area (Å²) in [7, 11) is 0. The monoisotopic (exact) mass is 816 g/mol. The number of hydrogen-bond acceptors (Lipinski definition) is 1. The van der Waals surface area contributed by atoms with Crippen LogP contribution in [0.2, 0.25) is 0 Å². The molecule has 12 aromatic rings. The number of aromatic nitrogens is 1. The number of para-hydroxylation sites is 2. The van der Waals surface area contributed by atoms with E-state index in [0.29, 0.717) is 0 Å². The van der Waals surface area contributed by atoms with Gasteiger partial charge in [-0.1, -0.05) is 164 Å². The number of anilines is 3. The molecule has 0 amide bonds. The topological polar surface area (TPSA) is 8.17 Å². The summed E-state index contributed by atoms with van der Waals surface area (Å²) >= 11 is 0. The highest BCUT2D eigenvalue weighted by Crippen LogP contribution is 2.46. The van der Waals surface area contributed by atoms with Crippen LogP contribution in [0.1, 0.15) is 11.1 Å². The first kappa shape index (κ1) is 37.6. The van der Waals surface area contributed by atoms with Crippen LogP contribution in [0.25, 0.3) is 93.2 Å².